The van der Waals surface area contributed by atoms with E-state index in [1.807, 2.05) is 31.4 Å². The molecule has 3 aromatic heterocycles. The van der Waals surface area contributed by atoms with Crippen molar-refractivity contribution >= 4 is 22.6 Å². The molecule has 1 saturated carbocycles. The van der Waals surface area contributed by atoms with Gasteiger partial charge in [-0.1, -0.05) is 0 Å². The van der Waals surface area contributed by atoms with Gasteiger partial charge in [0, 0.05) is 42.4 Å². The van der Waals surface area contributed by atoms with Gasteiger partial charge in [-0.25, -0.2) is 9.97 Å². The molecule has 110 valence electrons. The number of pyridine rings is 2. The van der Waals surface area contributed by atoms with Crippen molar-refractivity contribution in [2.45, 2.75) is 12.8 Å². The van der Waals surface area contributed by atoms with Crippen LogP contribution in [0.1, 0.15) is 12.8 Å². The third-order valence-electron chi connectivity index (χ3n) is 3.77. The molecule has 1 N–H and O–H groups in total. The Morgan fingerprint density at radius 3 is 2.91 bits per heavy atom. The Morgan fingerprint density at radius 1 is 1.32 bits per heavy atom. The highest BCUT2D eigenvalue weighted by molar-refractivity contribution is 5.94. The molecule has 0 unspecified atom stereocenters. The number of aryl methyl sites for hydroxylation is 1. The molecule has 0 atom stereocenters. The van der Waals surface area contributed by atoms with E-state index in [2.05, 4.69) is 20.4 Å². The second-order valence-electron chi connectivity index (χ2n) is 5.62. The minimum Gasteiger partial charge on any atom is -0.310 e. The van der Waals surface area contributed by atoms with Crippen LogP contribution in [0, 0.1) is 5.92 Å². The Labute approximate surface area is 127 Å². The predicted octanol–water partition coefficient (Wildman–Crippen LogP) is 2.38. The molecule has 1 amide bonds. The number of carbonyl (C=O) groups excluding carboxylic acids is 1. The van der Waals surface area contributed by atoms with Crippen LogP contribution in [0.4, 0.5) is 5.82 Å². The maximum absolute atomic E-state index is 11.8. The van der Waals surface area contributed by atoms with Crippen molar-refractivity contribution in [2.24, 2.45) is 13.0 Å². The number of fused-ring (bicyclic) bond motifs is 1. The number of rotatable bonds is 3. The zero-order valence-electron chi connectivity index (χ0n) is 12.2. The summed E-state index contributed by atoms with van der Waals surface area (Å²) < 4.78 is 1.75. The molecule has 22 heavy (non-hydrogen) atoms. The Morgan fingerprint density at radius 2 is 2.18 bits per heavy atom. The van der Waals surface area contributed by atoms with E-state index in [1.54, 1.807) is 17.1 Å². The lowest BCUT2D eigenvalue weighted by Crippen LogP contribution is -2.14. The van der Waals surface area contributed by atoms with E-state index in [1.165, 1.54) is 0 Å². The summed E-state index contributed by atoms with van der Waals surface area (Å²) in [6, 6.07) is 5.74. The normalized spacial score (nSPS) is 14.2. The third-order valence-corrected chi connectivity index (χ3v) is 3.77. The average molecular weight is 293 g/mol. The van der Waals surface area contributed by atoms with Crippen LogP contribution in [0.15, 0.2) is 36.8 Å². The summed E-state index contributed by atoms with van der Waals surface area (Å²) in [4.78, 5) is 20.7. The summed E-state index contributed by atoms with van der Waals surface area (Å²) in [5.74, 6) is 0.766. The first-order chi connectivity index (χ1) is 10.7. The highest BCUT2D eigenvalue weighted by Gasteiger charge is 2.29. The predicted molar refractivity (Wildman–Crippen MR) is 83.1 cm³/mol. The van der Waals surface area contributed by atoms with Gasteiger partial charge >= 0.3 is 0 Å². The van der Waals surface area contributed by atoms with Crippen molar-refractivity contribution in [2.75, 3.05) is 5.32 Å². The first-order valence-corrected chi connectivity index (χ1v) is 7.26. The largest absolute Gasteiger partial charge is 0.310 e. The highest BCUT2D eigenvalue weighted by atomic mass is 16.2. The first kappa shape index (κ1) is 12.9. The second-order valence-corrected chi connectivity index (χ2v) is 5.62. The van der Waals surface area contributed by atoms with Crippen LogP contribution in [0.5, 0.6) is 0 Å². The number of aromatic nitrogens is 4. The lowest BCUT2D eigenvalue weighted by Gasteiger charge is -2.05. The summed E-state index contributed by atoms with van der Waals surface area (Å²) in [6.45, 7) is 0. The van der Waals surface area contributed by atoms with Gasteiger partial charge in [0.15, 0.2) is 0 Å². The Hall–Kier alpha value is -2.76. The van der Waals surface area contributed by atoms with Gasteiger partial charge < -0.3 is 5.32 Å². The molecule has 6 heteroatoms. The van der Waals surface area contributed by atoms with Crippen LogP contribution in [-0.2, 0) is 11.8 Å². The molecule has 3 aromatic rings. The maximum atomic E-state index is 11.8. The number of nitrogens with one attached hydrogen (secondary N) is 1. The Balaban J connectivity index is 1.69. The fourth-order valence-electron chi connectivity index (χ4n) is 2.37. The summed E-state index contributed by atoms with van der Waals surface area (Å²) >= 11 is 0. The molecule has 4 rings (SSSR count). The standard InChI is InChI=1S/C16H15N5O/c1-21-9-12(8-18-21)13-5-4-11-7-17-15(6-14(11)19-13)20-16(22)10-2-3-10/h4-10H,2-3H2,1H3,(H,17,20,22). The van der Waals surface area contributed by atoms with Crippen LogP contribution >= 0.6 is 0 Å². The monoisotopic (exact) mass is 293 g/mol. The number of amides is 1. The number of carbonyl (C=O) groups is 1. The molecule has 1 fully saturated rings. The molecule has 0 aromatic carbocycles. The Bertz CT molecular complexity index is 866. The fourth-order valence-corrected chi connectivity index (χ4v) is 2.37. The molecule has 1 aliphatic rings. The number of hydrogen-bond donors (Lipinski definition) is 1. The quantitative estimate of drug-likeness (QED) is 0.804. The van der Waals surface area contributed by atoms with Crippen molar-refractivity contribution < 1.29 is 4.79 Å². The van der Waals surface area contributed by atoms with Gasteiger partial charge in [-0.3, -0.25) is 9.48 Å². The smallest absolute Gasteiger partial charge is 0.228 e. The SMILES string of the molecule is Cn1cc(-c2ccc3cnc(NC(=O)C4CC4)cc3n2)cn1. The minimum atomic E-state index is 0.0512. The molecule has 3 heterocycles. The molecular formula is C16H15N5O. The van der Waals surface area contributed by atoms with E-state index >= 15 is 0 Å². The van der Waals surface area contributed by atoms with Gasteiger partial charge in [-0.05, 0) is 25.0 Å². The first-order valence-electron chi connectivity index (χ1n) is 7.26. The van der Waals surface area contributed by atoms with Crippen molar-refractivity contribution in [3.63, 3.8) is 0 Å². The van der Waals surface area contributed by atoms with Gasteiger partial charge in [-0.2, -0.15) is 5.10 Å². The summed E-state index contributed by atoms with van der Waals surface area (Å²) in [5, 5.41) is 7.96. The number of hydrogen-bond acceptors (Lipinski definition) is 4. The van der Waals surface area contributed by atoms with Crippen LogP contribution < -0.4 is 5.32 Å². The van der Waals surface area contributed by atoms with Crippen LogP contribution in [0.2, 0.25) is 0 Å². The topological polar surface area (TPSA) is 72.7 Å². The van der Waals surface area contributed by atoms with Gasteiger partial charge in [-0.15, -0.1) is 0 Å². The molecule has 0 radical (unpaired) electrons. The molecule has 1 aliphatic carbocycles. The number of anilines is 1. The fraction of sp³-hybridized carbons (Fsp3) is 0.250. The molecule has 0 spiro atoms. The zero-order chi connectivity index (χ0) is 15.1. The van der Waals surface area contributed by atoms with Crippen molar-refractivity contribution in [1.82, 2.24) is 19.7 Å². The van der Waals surface area contributed by atoms with Crippen molar-refractivity contribution in [1.29, 1.82) is 0 Å². The molecular weight excluding hydrogens is 278 g/mol. The van der Waals surface area contributed by atoms with Crippen molar-refractivity contribution in [3.05, 3.63) is 36.8 Å². The molecule has 0 saturated heterocycles. The summed E-state index contributed by atoms with van der Waals surface area (Å²) in [7, 11) is 1.87. The molecule has 6 nitrogen and oxygen atoms in total. The lowest BCUT2D eigenvalue weighted by molar-refractivity contribution is -0.117. The van der Waals surface area contributed by atoms with E-state index < -0.39 is 0 Å². The second kappa shape index (κ2) is 4.91. The van der Waals surface area contributed by atoms with Gasteiger partial charge in [0.05, 0.1) is 17.4 Å². The van der Waals surface area contributed by atoms with Crippen molar-refractivity contribution in [3.8, 4) is 11.3 Å². The lowest BCUT2D eigenvalue weighted by atomic mass is 10.2. The minimum absolute atomic E-state index is 0.0512. The van der Waals surface area contributed by atoms with E-state index in [0.717, 1.165) is 35.0 Å². The zero-order valence-corrected chi connectivity index (χ0v) is 12.2. The van der Waals surface area contributed by atoms with Crippen LogP contribution in [-0.4, -0.2) is 25.7 Å². The van der Waals surface area contributed by atoms with E-state index in [9.17, 15) is 4.79 Å². The summed E-state index contributed by atoms with van der Waals surface area (Å²) in [5.41, 5.74) is 2.62. The number of nitrogens with zero attached hydrogens (tertiary/aromatic N) is 4. The van der Waals surface area contributed by atoms with E-state index in [0.29, 0.717) is 5.82 Å². The van der Waals surface area contributed by atoms with Gasteiger partial charge in [0.2, 0.25) is 5.91 Å². The third kappa shape index (κ3) is 2.43. The van der Waals surface area contributed by atoms with Gasteiger partial charge in [0.1, 0.15) is 5.82 Å². The van der Waals surface area contributed by atoms with Gasteiger partial charge in [0.25, 0.3) is 0 Å². The molecule has 0 bridgehead atoms. The van der Waals surface area contributed by atoms with E-state index in [-0.39, 0.29) is 11.8 Å². The highest BCUT2D eigenvalue weighted by Crippen LogP contribution is 2.30. The Kier molecular flexibility index (Phi) is 2.89. The van der Waals surface area contributed by atoms with Crippen LogP contribution in [0.3, 0.4) is 0 Å². The average Bonchev–Trinajstić information content (AvgIpc) is 3.28. The van der Waals surface area contributed by atoms with Crippen LogP contribution in [0.25, 0.3) is 22.2 Å². The summed E-state index contributed by atoms with van der Waals surface area (Å²) in [6.07, 6.45) is 7.39. The molecule has 0 aliphatic heterocycles. The maximum Gasteiger partial charge on any atom is 0.228 e. The van der Waals surface area contributed by atoms with E-state index in [4.69, 9.17) is 0 Å².